The summed E-state index contributed by atoms with van der Waals surface area (Å²) in [5, 5.41) is 2.94. The van der Waals surface area contributed by atoms with Crippen molar-refractivity contribution in [2.45, 2.75) is 19.3 Å². The number of aromatic nitrogens is 3. The van der Waals surface area contributed by atoms with E-state index < -0.39 is 0 Å². The second-order valence-electron chi connectivity index (χ2n) is 4.38. The highest BCUT2D eigenvalue weighted by atomic mass is 16.5. The number of nitrogens with one attached hydrogen (secondary N) is 1. The highest BCUT2D eigenvalue weighted by Gasteiger charge is 2.17. The van der Waals surface area contributed by atoms with Gasteiger partial charge in [0.15, 0.2) is 0 Å². The zero-order chi connectivity index (χ0) is 13.5. The van der Waals surface area contributed by atoms with Crippen LogP contribution in [0.3, 0.4) is 0 Å². The number of ether oxygens (including phenoxy) is 2. The van der Waals surface area contributed by atoms with E-state index in [0.717, 1.165) is 19.5 Å². The van der Waals surface area contributed by atoms with E-state index >= 15 is 0 Å². The van der Waals surface area contributed by atoms with Crippen LogP contribution >= 0.6 is 0 Å². The minimum Gasteiger partial charge on any atom is -0.463 e. The number of hydrogen-bond donors (Lipinski definition) is 1. The van der Waals surface area contributed by atoms with E-state index in [9.17, 15) is 0 Å². The van der Waals surface area contributed by atoms with Crippen LogP contribution in [0.5, 0.6) is 6.01 Å². The van der Waals surface area contributed by atoms with Crippen molar-refractivity contribution >= 4 is 11.9 Å². The molecule has 0 unspecified atom stereocenters. The molecule has 0 atom stereocenters. The van der Waals surface area contributed by atoms with Crippen LogP contribution < -0.4 is 15.0 Å². The topological polar surface area (TPSA) is 72.4 Å². The SMILES string of the molecule is CNc1nc(OCCCOC)nc(N2CCCC2)n1. The third-order valence-corrected chi connectivity index (χ3v) is 2.94. The zero-order valence-corrected chi connectivity index (χ0v) is 11.6. The van der Waals surface area contributed by atoms with Gasteiger partial charge in [-0.05, 0) is 12.8 Å². The minimum atomic E-state index is 0.373. The van der Waals surface area contributed by atoms with E-state index in [-0.39, 0.29) is 0 Å². The van der Waals surface area contributed by atoms with E-state index in [1.165, 1.54) is 12.8 Å². The van der Waals surface area contributed by atoms with Crippen LogP contribution in [-0.2, 0) is 4.74 Å². The van der Waals surface area contributed by atoms with Crippen LogP contribution in [0.4, 0.5) is 11.9 Å². The fourth-order valence-corrected chi connectivity index (χ4v) is 1.95. The Morgan fingerprint density at radius 3 is 2.63 bits per heavy atom. The van der Waals surface area contributed by atoms with Gasteiger partial charge < -0.3 is 19.7 Å². The lowest BCUT2D eigenvalue weighted by atomic mass is 10.4. The number of anilines is 2. The summed E-state index contributed by atoms with van der Waals surface area (Å²) in [6.07, 6.45) is 3.19. The summed E-state index contributed by atoms with van der Waals surface area (Å²) in [5.74, 6) is 1.23. The molecule has 0 aliphatic carbocycles. The van der Waals surface area contributed by atoms with Crippen LogP contribution in [0.25, 0.3) is 0 Å². The Hall–Kier alpha value is -1.63. The van der Waals surface area contributed by atoms with Gasteiger partial charge in [-0.1, -0.05) is 0 Å². The maximum absolute atomic E-state index is 5.54. The Bertz CT molecular complexity index is 396. The van der Waals surface area contributed by atoms with Crippen LogP contribution in [0.15, 0.2) is 0 Å². The smallest absolute Gasteiger partial charge is 0.323 e. The molecular weight excluding hydrogens is 246 g/mol. The normalized spacial score (nSPS) is 14.7. The summed E-state index contributed by atoms with van der Waals surface area (Å²) in [6, 6.07) is 0.373. The summed E-state index contributed by atoms with van der Waals surface area (Å²) in [4.78, 5) is 15.1. The lowest BCUT2D eigenvalue weighted by molar-refractivity contribution is 0.168. The molecule has 1 N–H and O–H groups in total. The first-order valence-electron chi connectivity index (χ1n) is 6.64. The van der Waals surface area contributed by atoms with Gasteiger partial charge in [-0.2, -0.15) is 15.0 Å². The zero-order valence-electron chi connectivity index (χ0n) is 11.6. The molecule has 2 heterocycles. The van der Waals surface area contributed by atoms with Crippen LogP contribution in [0.2, 0.25) is 0 Å². The molecule has 0 aromatic carbocycles. The predicted molar refractivity (Wildman–Crippen MR) is 72.8 cm³/mol. The molecule has 1 aliphatic heterocycles. The van der Waals surface area contributed by atoms with Gasteiger partial charge in [0.25, 0.3) is 0 Å². The maximum Gasteiger partial charge on any atom is 0.323 e. The van der Waals surface area contributed by atoms with Crippen molar-refractivity contribution in [2.75, 3.05) is 50.7 Å². The highest BCUT2D eigenvalue weighted by molar-refractivity contribution is 5.38. The third-order valence-electron chi connectivity index (χ3n) is 2.94. The molecule has 2 rings (SSSR count). The summed E-state index contributed by atoms with van der Waals surface area (Å²) in [5.41, 5.74) is 0. The molecule has 0 spiro atoms. The molecule has 1 aliphatic rings. The number of rotatable bonds is 7. The lowest BCUT2D eigenvalue weighted by Crippen LogP contribution is -2.21. The average molecular weight is 267 g/mol. The fourth-order valence-electron chi connectivity index (χ4n) is 1.95. The van der Waals surface area contributed by atoms with Gasteiger partial charge in [0.1, 0.15) is 0 Å². The molecule has 1 aromatic heterocycles. The first-order chi connectivity index (χ1) is 9.33. The predicted octanol–water partition coefficient (Wildman–Crippen LogP) is 0.929. The molecule has 19 heavy (non-hydrogen) atoms. The molecule has 106 valence electrons. The minimum absolute atomic E-state index is 0.373. The Morgan fingerprint density at radius 2 is 1.95 bits per heavy atom. The Labute approximate surface area is 113 Å². The van der Waals surface area contributed by atoms with Gasteiger partial charge in [0.2, 0.25) is 11.9 Å². The van der Waals surface area contributed by atoms with Crippen molar-refractivity contribution in [3.63, 3.8) is 0 Å². The fraction of sp³-hybridized carbons (Fsp3) is 0.750. The maximum atomic E-state index is 5.54. The summed E-state index contributed by atoms with van der Waals surface area (Å²) in [7, 11) is 3.46. The largest absolute Gasteiger partial charge is 0.463 e. The molecule has 0 amide bonds. The monoisotopic (exact) mass is 267 g/mol. The van der Waals surface area contributed by atoms with Crippen molar-refractivity contribution in [2.24, 2.45) is 0 Å². The Morgan fingerprint density at radius 1 is 1.16 bits per heavy atom. The van der Waals surface area contributed by atoms with Gasteiger partial charge >= 0.3 is 6.01 Å². The van der Waals surface area contributed by atoms with Gasteiger partial charge in [0.05, 0.1) is 6.61 Å². The van der Waals surface area contributed by atoms with E-state index in [2.05, 4.69) is 25.2 Å². The van der Waals surface area contributed by atoms with Gasteiger partial charge in [-0.3, -0.25) is 0 Å². The van der Waals surface area contributed by atoms with Crippen LogP contribution in [0, 0.1) is 0 Å². The van der Waals surface area contributed by atoms with E-state index in [4.69, 9.17) is 9.47 Å². The first kappa shape index (κ1) is 13.8. The van der Waals surface area contributed by atoms with Crippen molar-refractivity contribution in [3.05, 3.63) is 0 Å². The van der Waals surface area contributed by atoms with E-state index in [1.54, 1.807) is 14.2 Å². The van der Waals surface area contributed by atoms with Crippen molar-refractivity contribution in [1.29, 1.82) is 0 Å². The molecule has 0 saturated carbocycles. The van der Waals surface area contributed by atoms with E-state index in [0.29, 0.717) is 31.1 Å². The summed E-state index contributed by atoms with van der Waals surface area (Å²) < 4.78 is 10.5. The Balaban J connectivity index is 2.02. The lowest BCUT2D eigenvalue weighted by Gasteiger charge is -2.16. The van der Waals surface area contributed by atoms with Gasteiger partial charge in [0, 0.05) is 40.3 Å². The molecule has 7 heteroatoms. The Kier molecular flexibility index (Phi) is 5.14. The molecule has 1 fully saturated rings. The number of hydrogen-bond acceptors (Lipinski definition) is 7. The van der Waals surface area contributed by atoms with Crippen LogP contribution in [-0.4, -0.2) is 55.4 Å². The van der Waals surface area contributed by atoms with E-state index in [1.807, 2.05) is 0 Å². The summed E-state index contributed by atoms with van der Waals surface area (Å²) >= 11 is 0. The standard InChI is InChI=1S/C12H21N5O2/c1-13-10-14-11(17-6-3-4-7-17)16-12(15-10)19-9-5-8-18-2/h3-9H2,1-2H3,(H,13,14,15,16). The molecule has 0 radical (unpaired) electrons. The second-order valence-corrected chi connectivity index (χ2v) is 4.38. The van der Waals surface area contributed by atoms with Gasteiger partial charge in [-0.25, -0.2) is 0 Å². The number of nitrogens with zero attached hydrogens (tertiary/aromatic N) is 4. The second kappa shape index (κ2) is 7.08. The van der Waals surface area contributed by atoms with Crippen molar-refractivity contribution in [3.8, 4) is 6.01 Å². The van der Waals surface area contributed by atoms with Gasteiger partial charge in [-0.15, -0.1) is 0 Å². The highest BCUT2D eigenvalue weighted by Crippen LogP contribution is 2.19. The third kappa shape index (κ3) is 3.92. The molecular formula is C12H21N5O2. The molecule has 1 saturated heterocycles. The quantitative estimate of drug-likeness (QED) is 0.737. The van der Waals surface area contributed by atoms with Crippen molar-refractivity contribution in [1.82, 2.24) is 15.0 Å². The molecule has 0 bridgehead atoms. The molecule has 1 aromatic rings. The summed E-state index contributed by atoms with van der Waals surface area (Å²) in [6.45, 7) is 3.20. The number of methoxy groups -OCH3 is 1. The first-order valence-corrected chi connectivity index (χ1v) is 6.64. The van der Waals surface area contributed by atoms with Crippen molar-refractivity contribution < 1.29 is 9.47 Å². The van der Waals surface area contributed by atoms with Crippen LogP contribution in [0.1, 0.15) is 19.3 Å². The molecule has 7 nitrogen and oxygen atoms in total. The average Bonchev–Trinajstić information content (AvgIpc) is 2.97.